The number of primary sulfonamides is 1. The Kier molecular flexibility index (Phi) is 6.18. The van der Waals surface area contributed by atoms with Crippen LogP contribution in [0.4, 0.5) is 0 Å². The van der Waals surface area contributed by atoms with Crippen molar-refractivity contribution < 1.29 is 22.7 Å². The highest BCUT2D eigenvalue weighted by Gasteiger charge is 2.26. The minimum Gasteiger partial charge on any atom is -0.449 e. The third kappa shape index (κ3) is 5.02. The van der Waals surface area contributed by atoms with Crippen LogP contribution in [0.25, 0.3) is 0 Å². The van der Waals surface area contributed by atoms with E-state index in [-0.39, 0.29) is 16.4 Å². The molecule has 0 unspecified atom stereocenters. The van der Waals surface area contributed by atoms with Crippen LogP contribution < -0.4 is 5.14 Å². The molecule has 1 saturated heterocycles. The molecule has 1 heterocycles. The fraction of sp³-hybridized carbons (Fsp3) is 0.529. The van der Waals surface area contributed by atoms with Crippen LogP contribution in [0.5, 0.6) is 0 Å². The zero-order chi connectivity index (χ0) is 18.6. The van der Waals surface area contributed by atoms with Gasteiger partial charge in [0, 0.05) is 13.1 Å². The number of carbonyl (C=O) groups excluding carboxylic acids is 2. The number of nitrogens with zero attached hydrogens (tertiary/aromatic N) is 1. The van der Waals surface area contributed by atoms with E-state index in [0.29, 0.717) is 18.7 Å². The molecule has 0 radical (unpaired) electrons. The Morgan fingerprint density at radius 2 is 1.76 bits per heavy atom. The largest absolute Gasteiger partial charge is 0.449 e. The second-order valence-corrected chi connectivity index (χ2v) is 7.87. The van der Waals surface area contributed by atoms with E-state index in [9.17, 15) is 18.0 Å². The lowest BCUT2D eigenvalue weighted by Crippen LogP contribution is -2.40. The van der Waals surface area contributed by atoms with Gasteiger partial charge in [0.1, 0.15) is 0 Å². The number of ether oxygens (including phenoxy) is 1. The first kappa shape index (κ1) is 19.4. The van der Waals surface area contributed by atoms with Gasteiger partial charge in [0.05, 0.1) is 10.5 Å². The maximum atomic E-state index is 12.5. The molecule has 1 aliphatic rings. The highest BCUT2D eigenvalue weighted by atomic mass is 32.2. The molecule has 1 amide bonds. The number of rotatable bonds is 4. The third-order valence-corrected chi connectivity index (χ3v) is 5.22. The van der Waals surface area contributed by atoms with E-state index in [1.54, 1.807) is 11.8 Å². The Balaban J connectivity index is 2.11. The molecule has 138 valence electrons. The predicted molar refractivity (Wildman–Crippen MR) is 92.5 cm³/mol. The van der Waals surface area contributed by atoms with Gasteiger partial charge in [-0.3, -0.25) is 4.79 Å². The van der Waals surface area contributed by atoms with E-state index in [1.165, 1.54) is 25.1 Å². The van der Waals surface area contributed by atoms with E-state index in [2.05, 4.69) is 0 Å². The van der Waals surface area contributed by atoms with Crippen LogP contribution in [-0.2, 0) is 19.6 Å². The Morgan fingerprint density at radius 3 is 2.32 bits per heavy atom. The molecule has 0 aromatic heterocycles. The highest BCUT2D eigenvalue weighted by molar-refractivity contribution is 7.89. The second-order valence-electron chi connectivity index (χ2n) is 6.31. The summed E-state index contributed by atoms with van der Waals surface area (Å²) >= 11 is 0. The van der Waals surface area contributed by atoms with Crippen molar-refractivity contribution in [1.29, 1.82) is 0 Å². The van der Waals surface area contributed by atoms with Gasteiger partial charge >= 0.3 is 5.97 Å². The van der Waals surface area contributed by atoms with E-state index in [4.69, 9.17) is 9.88 Å². The Labute approximate surface area is 148 Å². The number of benzene rings is 1. The molecular weight excluding hydrogens is 344 g/mol. The summed E-state index contributed by atoms with van der Waals surface area (Å²) in [5.74, 6) is -0.964. The maximum Gasteiger partial charge on any atom is 0.339 e. The van der Waals surface area contributed by atoms with Gasteiger partial charge in [-0.25, -0.2) is 18.4 Å². The van der Waals surface area contributed by atoms with Gasteiger partial charge in [-0.1, -0.05) is 18.9 Å². The van der Waals surface area contributed by atoms with Gasteiger partial charge in [0.15, 0.2) is 6.10 Å². The van der Waals surface area contributed by atoms with Crippen molar-refractivity contribution >= 4 is 21.9 Å². The van der Waals surface area contributed by atoms with E-state index in [1.807, 2.05) is 0 Å². The number of aryl methyl sites for hydroxylation is 1. The average Bonchev–Trinajstić information content (AvgIpc) is 2.82. The molecule has 1 atom stereocenters. The van der Waals surface area contributed by atoms with Crippen molar-refractivity contribution in [3.63, 3.8) is 0 Å². The summed E-state index contributed by atoms with van der Waals surface area (Å²) in [6.07, 6.45) is 3.15. The fourth-order valence-corrected chi connectivity index (χ4v) is 3.36. The molecule has 0 spiro atoms. The number of hydrogen-bond donors (Lipinski definition) is 1. The molecule has 1 fully saturated rings. The van der Waals surface area contributed by atoms with E-state index < -0.39 is 22.1 Å². The van der Waals surface area contributed by atoms with Crippen LogP contribution in [0, 0.1) is 6.92 Å². The van der Waals surface area contributed by atoms with Crippen molar-refractivity contribution in [3.8, 4) is 0 Å². The number of hydrogen-bond acceptors (Lipinski definition) is 5. The first-order valence-electron chi connectivity index (χ1n) is 8.33. The first-order valence-corrected chi connectivity index (χ1v) is 9.88. The topological polar surface area (TPSA) is 107 Å². The Morgan fingerprint density at radius 1 is 1.16 bits per heavy atom. The lowest BCUT2D eigenvalue weighted by Gasteiger charge is -2.24. The van der Waals surface area contributed by atoms with Crippen LogP contribution in [-0.4, -0.2) is 44.4 Å². The number of likely N-dealkylation sites (tertiary alicyclic amines) is 1. The molecular formula is C17H24N2O5S. The summed E-state index contributed by atoms with van der Waals surface area (Å²) in [5, 5.41) is 5.10. The van der Waals surface area contributed by atoms with Crippen LogP contribution in [0.15, 0.2) is 23.1 Å². The van der Waals surface area contributed by atoms with Crippen LogP contribution in [0.2, 0.25) is 0 Å². The van der Waals surface area contributed by atoms with Crippen molar-refractivity contribution in [3.05, 3.63) is 29.3 Å². The molecule has 7 nitrogen and oxygen atoms in total. The summed E-state index contributed by atoms with van der Waals surface area (Å²) in [5.41, 5.74) is 0.633. The number of sulfonamides is 1. The summed E-state index contributed by atoms with van der Waals surface area (Å²) in [7, 11) is -3.92. The van der Waals surface area contributed by atoms with Crippen LogP contribution >= 0.6 is 0 Å². The highest BCUT2D eigenvalue weighted by Crippen LogP contribution is 2.17. The SMILES string of the molecule is Cc1ccc(S(N)(=O)=O)cc1C(=O)O[C@@H](C)C(=O)N1CCCCCC1. The molecule has 1 aromatic carbocycles. The monoisotopic (exact) mass is 368 g/mol. The smallest absolute Gasteiger partial charge is 0.339 e. The summed E-state index contributed by atoms with van der Waals surface area (Å²) in [6, 6.07) is 3.99. The molecule has 1 aromatic rings. The first-order chi connectivity index (χ1) is 11.7. The second kappa shape index (κ2) is 7.97. The maximum absolute atomic E-state index is 12.5. The Hall–Kier alpha value is -1.93. The van der Waals surface area contributed by atoms with E-state index >= 15 is 0 Å². The summed E-state index contributed by atoms with van der Waals surface area (Å²) in [6.45, 7) is 4.52. The van der Waals surface area contributed by atoms with Gasteiger partial charge in [-0.05, 0) is 44.4 Å². The number of nitrogens with two attached hydrogens (primary N) is 1. The predicted octanol–water partition coefficient (Wildman–Crippen LogP) is 1.59. The van der Waals surface area contributed by atoms with Gasteiger partial charge in [-0.15, -0.1) is 0 Å². The van der Waals surface area contributed by atoms with Gasteiger partial charge in [-0.2, -0.15) is 0 Å². The van der Waals surface area contributed by atoms with Crippen LogP contribution in [0.3, 0.4) is 0 Å². The number of amides is 1. The molecule has 8 heteroatoms. The quantitative estimate of drug-likeness (QED) is 0.812. The van der Waals surface area contributed by atoms with Gasteiger partial charge in [0.25, 0.3) is 5.91 Å². The number of esters is 1. The molecule has 2 N–H and O–H groups in total. The van der Waals surface area contributed by atoms with E-state index in [0.717, 1.165) is 25.7 Å². The van der Waals surface area contributed by atoms with Crippen molar-refractivity contribution in [2.24, 2.45) is 5.14 Å². The molecule has 1 aliphatic heterocycles. The van der Waals surface area contributed by atoms with Gasteiger partial charge < -0.3 is 9.64 Å². The minimum atomic E-state index is -3.92. The summed E-state index contributed by atoms with van der Waals surface area (Å²) in [4.78, 5) is 26.4. The van der Waals surface area contributed by atoms with Crippen LogP contribution in [0.1, 0.15) is 48.5 Å². The van der Waals surface area contributed by atoms with Gasteiger partial charge in [0.2, 0.25) is 10.0 Å². The molecule has 0 saturated carbocycles. The van der Waals surface area contributed by atoms with Crippen molar-refractivity contribution in [1.82, 2.24) is 4.90 Å². The minimum absolute atomic E-state index is 0.0852. The lowest BCUT2D eigenvalue weighted by molar-refractivity contribution is -0.139. The average molecular weight is 368 g/mol. The molecule has 0 aliphatic carbocycles. The lowest BCUT2D eigenvalue weighted by atomic mass is 10.1. The van der Waals surface area contributed by atoms with Crippen molar-refractivity contribution in [2.75, 3.05) is 13.1 Å². The number of carbonyl (C=O) groups is 2. The normalized spacial score (nSPS) is 16.8. The molecule has 2 rings (SSSR count). The van der Waals surface area contributed by atoms with Crippen molar-refractivity contribution in [2.45, 2.75) is 50.5 Å². The fourth-order valence-electron chi connectivity index (χ4n) is 2.82. The molecule has 25 heavy (non-hydrogen) atoms. The summed E-state index contributed by atoms with van der Waals surface area (Å²) < 4.78 is 28.2. The zero-order valence-electron chi connectivity index (χ0n) is 14.5. The third-order valence-electron chi connectivity index (χ3n) is 4.31. The molecule has 0 bridgehead atoms. The zero-order valence-corrected chi connectivity index (χ0v) is 15.3. The Bertz CT molecular complexity index is 752. The standard InChI is InChI=1S/C17H24N2O5S/c1-12-7-8-14(25(18,22)23)11-15(12)17(21)24-13(2)16(20)19-9-5-3-4-6-10-19/h7-8,11,13H,3-6,9-10H2,1-2H3,(H2,18,22,23)/t13-/m0/s1.